The number of aryl methyl sites for hydroxylation is 2. The normalized spacial score (nSPS) is 18.9. The third kappa shape index (κ3) is 2.90. The smallest absolute Gasteiger partial charge is 0.117 e. The minimum absolute atomic E-state index is 0.462. The van der Waals surface area contributed by atoms with Crippen LogP contribution in [-0.4, -0.2) is 0 Å². The van der Waals surface area contributed by atoms with Crippen LogP contribution in [-0.2, 0) is 13.0 Å². The van der Waals surface area contributed by atoms with E-state index in [1.807, 2.05) is 13.0 Å². The van der Waals surface area contributed by atoms with E-state index < -0.39 is 0 Å². The zero-order chi connectivity index (χ0) is 13.1. The summed E-state index contributed by atoms with van der Waals surface area (Å²) in [6.07, 6.45) is 5.03. The van der Waals surface area contributed by atoms with E-state index >= 15 is 0 Å². The van der Waals surface area contributed by atoms with Crippen molar-refractivity contribution in [2.75, 3.05) is 0 Å². The van der Waals surface area contributed by atoms with Gasteiger partial charge in [0.2, 0.25) is 0 Å². The average Bonchev–Trinajstić information content (AvgIpc) is 2.73. The summed E-state index contributed by atoms with van der Waals surface area (Å²) in [6.45, 7) is 2.80. The predicted molar refractivity (Wildman–Crippen MR) is 77.0 cm³/mol. The molecule has 0 aliphatic heterocycles. The number of hydrogen-bond acceptors (Lipinski definition) is 2. The maximum absolute atomic E-state index is 5.63. The Morgan fingerprint density at radius 3 is 2.89 bits per heavy atom. The van der Waals surface area contributed by atoms with Gasteiger partial charge in [-0.3, -0.25) is 0 Å². The highest BCUT2D eigenvalue weighted by Crippen LogP contribution is 2.28. The lowest BCUT2D eigenvalue weighted by Gasteiger charge is -2.18. The van der Waals surface area contributed by atoms with Crippen molar-refractivity contribution in [3.63, 3.8) is 0 Å². The van der Waals surface area contributed by atoms with Gasteiger partial charge < -0.3 is 9.73 Å². The summed E-state index contributed by atoms with van der Waals surface area (Å²) in [7, 11) is 0. The Bertz CT molecular complexity index is 544. The maximum atomic E-state index is 5.63. The van der Waals surface area contributed by atoms with E-state index in [1.165, 1.54) is 36.8 Å². The highest BCUT2D eigenvalue weighted by molar-refractivity contribution is 5.31. The molecule has 0 saturated carbocycles. The average molecular weight is 255 g/mol. The monoisotopic (exact) mass is 255 g/mol. The van der Waals surface area contributed by atoms with Crippen LogP contribution in [0.4, 0.5) is 0 Å². The van der Waals surface area contributed by atoms with E-state index in [0.29, 0.717) is 6.04 Å². The van der Waals surface area contributed by atoms with Crippen LogP contribution in [0.3, 0.4) is 0 Å². The van der Waals surface area contributed by atoms with Crippen molar-refractivity contribution in [3.05, 3.63) is 59.0 Å². The van der Waals surface area contributed by atoms with Crippen LogP contribution in [0.5, 0.6) is 0 Å². The van der Waals surface area contributed by atoms with Crippen molar-refractivity contribution in [2.24, 2.45) is 0 Å². The van der Waals surface area contributed by atoms with Gasteiger partial charge in [-0.15, -0.1) is 0 Å². The highest BCUT2D eigenvalue weighted by atomic mass is 16.3. The van der Waals surface area contributed by atoms with Crippen molar-refractivity contribution < 1.29 is 4.42 Å². The lowest BCUT2D eigenvalue weighted by Crippen LogP contribution is -2.20. The topological polar surface area (TPSA) is 25.2 Å². The van der Waals surface area contributed by atoms with Gasteiger partial charge in [0.05, 0.1) is 6.54 Å². The van der Waals surface area contributed by atoms with Gasteiger partial charge in [-0.1, -0.05) is 30.7 Å². The lowest BCUT2D eigenvalue weighted by atomic mass is 9.99. The molecule has 1 aliphatic carbocycles. The summed E-state index contributed by atoms with van der Waals surface area (Å²) >= 11 is 0. The van der Waals surface area contributed by atoms with Gasteiger partial charge in [-0.2, -0.15) is 0 Å². The van der Waals surface area contributed by atoms with Gasteiger partial charge in [-0.25, -0.2) is 0 Å². The van der Waals surface area contributed by atoms with Crippen LogP contribution in [0, 0.1) is 6.92 Å². The van der Waals surface area contributed by atoms with Gasteiger partial charge >= 0.3 is 0 Å². The summed E-state index contributed by atoms with van der Waals surface area (Å²) in [5, 5.41) is 3.65. The molecule has 0 spiro atoms. The SMILES string of the molecule is Cc1ccc(CNC2CCCCc3ccccc32)o1. The minimum atomic E-state index is 0.462. The van der Waals surface area contributed by atoms with Gasteiger partial charge in [0.1, 0.15) is 11.5 Å². The first-order chi connectivity index (χ1) is 9.33. The Hall–Kier alpha value is -1.54. The Labute approximate surface area is 114 Å². The maximum Gasteiger partial charge on any atom is 0.117 e. The zero-order valence-electron chi connectivity index (χ0n) is 11.5. The molecule has 1 N–H and O–H groups in total. The van der Waals surface area contributed by atoms with Crippen LogP contribution in [0.25, 0.3) is 0 Å². The third-order valence-corrected chi connectivity index (χ3v) is 3.94. The number of benzene rings is 1. The quantitative estimate of drug-likeness (QED) is 0.834. The minimum Gasteiger partial charge on any atom is -0.465 e. The van der Waals surface area contributed by atoms with Gasteiger partial charge in [-0.05, 0) is 49.4 Å². The summed E-state index contributed by atoms with van der Waals surface area (Å²) in [4.78, 5) is 0. The largest absolute Gasteiger partial charge is 0.465 e. The fourth-order valence-electron chi connectivity index (χ4n) is 2.94. The first kappa shape index (κ1) is 12.5. The summed E-state index contributed by atoms with van der Waals surface area (Å²) in [5.74, 6) is 2.01. The van der Waals surface area contributed by atoms with Crippen LogP contribution < -0.4 is 5.32 Å². The summed E-state index contributed by atoms with van der Waals surface area (Å²) < 4.78 is 5.63. The number of rotatable bonds is 3. The molecular weight excluding hydrogens is 234 g/mol. The molecule has 1 heterocycles. The Morgan fingerprint density at radius 1 is 1.16 bits per heavy atom. The first-order valence-corrected chi connectivity index (χ1v) is 7.19. The van der Waals surface area contributed by atoms with Crippen LogP contribution in [0.2, 0.25) is 0 Å². The number of nitrogens with one attached hydrogen (secondary N) is 1. The van der Waals surface area contributed by atoms with Crippen LogP contribution >= 0.6 is 0 Å². The van der Waals surface area contributed by atoms with E-state index in [4.69, 9.17) is 4.42 Å². The second-order valence-electron chi connectivity index (χ2n) is 5.39. The summed E-state index contributed by atoms with van der Waals surface area (Å²) in [5.41, 5.74) is 2.98. The molecular formula is C17H21NO. The van der Waals surface area contributed by atoms with E-state index in [2.05, 4.69) is 35.6 Å². The Kier molecular flexibility index (Phi) is 3.69. The zero-order valence-corrected chi connectivity index (χ0v) is 11.5. The molecule has 0 bridgehead atoms. The van der Waals surface area contributed by atoms with Crippen molar-refractivity contribution in [3.8, 4) is 0 Å². The highest BCUT2D eigenvalue weighted by Gasteiger charge is 2.17. The lowest BCUT2D eigenvalue weighted by molar-refractivity contribution is 0.422. The molecule has 2 nitrogen and oxygen atoms in total. The van der Waals surface area contributed by atoms with E-state index in [0.717, 1.165) is 18.1 Å². The molecule has 100 valence electrons. The second-order valence-corrected chi connectivity index (χ2v) is 5.39. The van der Waals surface area contributed by atoms with E-state index in [1.54, 1.807) is 0 Å². The molecule has 1 aromatic heterocycles. The van der Waals surface area contributed by atoms with Crippen LogP contribution in [0.15, 0.2) is 40.8 Å². The predicted octanol–water partition coefficient (Wildman–Crippen LogP) is 4.15. The Morgan fingerprint density at radius 2 is 2.05 bits per heavy atom. The third-order valence-electron chi connectivity index (χ3n) is 3.94. The molecule has 1 unspecified atom stereocenters. The van der Waals surface area contributed by atoms with Gasteiger partial charge in [0.15, 0.2) is 0 Å². The molecule has 0 amide bonds. The Balaban J connectivity index is 1.73. The fourth-order valence-corrected chi connectivity index (χ4v) is 2.94. The molecule has 0 fully saturated rings. The van der Waals surface area contributed by atoms with Crippen molar-refractivity contribution in [1.82, 2.24) is 5.32 Å². The van der Waals surface area contributed by atoms with Gasteiger partial charge in [0, 0.05) is 6.04 Å². The molecule has 19 heavy (non-hydrogen) atoms. The van der Waals surface area contributed by atoms with Crippen LogP contribution in [0.1, 0.15) is 48.0 Å². The van der Waals surface area contributed by atoms with Gasteiger partial charge in [0.25, 0.3) is 0 Å². The molecule has 1 aromatic carbocycles. The molecule has 2 aromatic rings. The molecule has 0 saturated heterocycles. The second kappa shape index (κ2) is 5.62. The molecule has 3 rings (SSSR count). The fraction of sp³-hybridized carbons (Fsp3) is 0.412. The van der Waals surface area contributed by atoms with Crippen molar-refractivity contribution in [2.45, 2.75) is 45.2 Å². The number of furan rings is 1. The molecule has 1 atom stereocenters. The number of fused-ring (bicyclic) bond motifs is 1. The standard InChI is InChI=1S/C17H21NO/c1-13-10-11-15(19-13)12-18-17-9-5-3-7-14-6-2-4-8-16(14)17/h2,4,6,8,10-11,17-18H,3,5,7,9,12H2,1H3. The van der Waals surface area contributed by atoms with E-state index in [-0.39, 0.29) is 0 Å². The van der Waals surface area contributed by atoms with Crippen molar-refractivity contribution >= 4 is 0 Å². The van der Waals surface area contributed by atoms with Crippen molar-refractivity contribution in [1.29, 1.82) is 0 Å². The number of hydrogen-bond donors (Lipinski definition) is 1. The molecule has 1 aliphatic rings. The summed E-state index contributed by atoms with van der Waals surface area (Å²) in [6, 6.07) is 13.4. The first-order valence-electron chi connectivity index (χ1n) is 7.19. The molecule has 0 radical (unpaired) electrons. The van der Waals surface area contributed by atoms with E-state index in [9.17, 15) is 0 Å². The molecule has 2 heteroatoms.